The molecule has 0 radical (unpaired) electrons. The van der Waals surface area contributed by atoms with Gasteiger partial charge in [0.1, 0.15) is 11.9 Å². The summed E-state index contributed by atoms with van der Waals surface area (Å²) in [7, 11) is 0. The zero-order valence-corrected chi connectivity index (χ0v) is 9.46. The van der Waals surface area contributed by atoms with Crippen LogP contribution in [0.4, 0.5) is 4.39 Å². The summed E-state index contributed by atoms with van der Waals surface area (Å²) in [5.41, 5.74) is 0.0429. The van der Waals surface area contributed by atoms with Crippen LogP contribution in [-0.2, 0) is 0 Å². The third-order valence-electron chi connectivity index (χ3n) is 1.80. The SMILES string of the molecule is OC(CBr)C(O)c1ccc(Cl)cc1F. The van der Waals surface area contributed by atoms with Crippen molar-refractivity contribution in [2.45, 2.75) is 12.2 Å². The van der Waals surface area contributed by atoms with E-state index < -0.39 is 18.0 Å². The van der Waals surface area contributed by atoms with Crippen LogP contribution in [0.15, 0.2) is 18.2 Å². The van der Waals surface area contributed by atoms with Crippen molar-refractivity contribution in [3.05, 3.63) is 34.6 Å². The van der Waals surface area contributed by atoms with Gasteiger partial charge in [0.25, 0.3) is 0 Å². The molecule has 0 saturated carbocycles. The van der Waals surface area contributed by atoms with Crippen LogP contribution < -0.4 is 0 Å². The molecular weight excluding hydrogens is 274 g/mol. The molecule has 78 valence electrons. The molecule has 2 nitrogen and oxygen atoms in total. The normalized spacial score (nSPS) is 15.2. The lowest BCUT2D eigenvalue weighted by molar-refractivity contribution is 0.0320. The summed E-state index contributed by atoms with van der Waals surface area (Å²) in [6, 6.07) is 3.92. The van der Waals surface area contributed by atoms with E-state index in [1.54, 1.807) is 0 Å². The summed E-state index contributed by atoms with van der Waals surface area (Å²) >= 11 is 8.53. The molecule has 0 aromatic heterocycles. The Morgan fingerprint density at radius 1 is 1.43 bits per heavy atom. The third-order valence-corrected chi connectivity index (χ3v) is 2.70. The van der Waals surface area contributed by atoms with Gasteiger partial charge in [-0.3, -0.25) is 0 Å². The van der Waals surface area contributed by atoms with Gasteiger partial charge in [-0.1, -0.05) is 33.6 Å². The van der Waals surface area contributed by atoms with E-state index in [4.69, 9.17) is 11.6 Å². The van der Waals surface area contributed by atoms with E-state index in [1.807, 2.05) is 0 Å². The number of alkyl halides is 1. The number of hydrogen-bond donors (Lipinski definition) is 2. The summed E-state index contributed by atoms with van der Waals surface area (Å²) < 4.78 is 13.2. The second-order valence-electron chi connectivity index (χ2n) is 2.83. The molecule has 0 heterocycles. The highest BCUT2D eigenvalue weighted by atomic mass is 79.9. The van der Waals surface area contributed by atoms with Crippen molar-refractivity contribution in [1.29, 1.82) is 0 Å². The maximum absolute atomic E-state index is 13.2. The Hall–Kier alpha value is -0.160. The predicted octanol–water partition coefficient (Wildman–Crippen LogP) is 2.27. The van der Waals surface area contributed by atoms with Gasteiger partial charge in [0.2, 0.25) is 0 Å². The minimum Gasteiger partial charge on any atom is -0.389 e. The van der Waals surface area contributed by atoms with Crippen molar-refractivity contribution in [3.8, 4) is 0 Å². The Morgan fingerprint density at radius 2 is 2.07 bits per heavy atom. The van der Waals surface area contributed by atoms with Crippen molar-refractivity contribution in [2.24, 2.45) is 0 Å². The average molecular weight is 284 g/mol. The molecule has 2 N–H and O–H groups in total. The number of hydrogen-bond acceptors (Lipinski definition) is 2. The lowest BCUT2D eigenvalue weighted by Gasteiger charge is -2.16. The van der Waals surface area contributed by atoms with Gasteiger partial charge in [-0.15, -0.1) is 0 Å². The lowest BCUT2D eigenvalue weighted by Crippen LogP contribution is -2.20. The Morgan fingerprint density at radius 3 is 2.57 bits per heavy atom. The van der Waals surface area contributed by atoms with Crippen LogP contribution in [0.25, 0.3) is 0 Å². The Labute approximate surface area is 94.5 Å². The molecule has 2 atom stereocenters. The Balaban J connectivity index is 2.95. The Kier molecular flexibility index (Phi) is 4.31. The fourth-order valence-electron chi connectivity index (χ4n) is 1.03. The average Bonchev–Trinajstić information content (AvgIpc) is 2.15. The molecule has 0 aliphatic heterocycles. The van der Waals surface area contributed by atoms with Crippen LogP contribution in [0.2, 0.25) is 5.02 Å². The molecule has 0 amide bonds. The van der Waals surface area contributed by atoms with E-state index in [1.165, 1.54) is 12.1 Å². The van der Waals surface area contributed by atoms with Crippen molar-refractivity contribution in [3.63, 3.8) is 0 Å². The van der Waals surface area contributed by atoms with Crippen molar-refractivity contribution >= 4 is 27.5 Å². The van der Waals surface area contributed by atoms with Crippen molar-refractivity contribution < 1.29 is 14.6 Å². The Bertz CT molecular complexity index is 322. The van der Waals surface area contributed by atoms with E-state index in [0.29, 0.717) is 0 Å². The third kappa shape index (κ3) is 2.67. The first-order valence-electron chi connectivity index (χ1n) is 3.93. The molecule has 2 unspecified atom stereocenters. The van der Waals surface area contributed by atoms with Gasteiger partial charge < -0.3 is 10.2 Å². The van der Waals surface area contributed by atoms with Gasteiger partial charge in [-0.05, 0) is 12.1 Å². The predicted molar refractivity (Wildman–Crippen MR) is 56.2 cm³/mol. The highest BCUT2D eigenvalue weighted by Gasteiger charge is 2.20. The molecule has 1 aromatic carbocycles. The van der Waals surface area contributed by atoms with Gasteiger partial charge in [-0.25, -0.2) is 4.39 Å². The van der Waals surface area contributed by atoms with E-state index in [0.717, 1.165) is 6.07 Å². The standard InChI is InChI=1S/C9H9BrClFO2/c10-4-8(13)9(14)6-2-1-5(11)3-7(6)12/h1-3,8-9,13-14H,4H2. The molecule has 0 aliphatic rings. The van der Waals surface area contributed by atoms with E-state index in [9.17, 15) is 14.6 Å². The monoisotopic (exact) mass is 282 g/mol. The molecule has 0 saturated heterocycles. The van der Waals surface area contributed by atoms with Gasteiger partial charge in [0.05, 0.1) is 6.10 Å². The first-order chi connectivity index (χ1) is 6.56. The zero-order chi connectivity index (χ0) is 10.7. The molecular formula is C9H9BrClFO2. The quantitative estimate of drug-likeness (QED) is 0.836. The molecule has 5 heteroatoms. The van der Waals surface area contributed by atoms with Gasteiger partial charge in [-0.2, -0.15) is 0 Å². The van der Waals surface area contributed by atoms with E-state index >= 15 is 0 Å². The fraction of sp³-hybridized carbons (Fsp3) is 0.333. The summed E-state index contributed by atoms with van der Waals surface area (Å²) in [5.74, 6) is -0.620. The van der Waals surface area contributed by atoms with Crippen molar-refractivity contribution in [1.82, 2.24) is 0 Å². The van der Waals surface area contributed by atoms with Gasteiger partial charge >= 0.3 is 0 Å². The first-order valence-corrected chi connectivity index (χ1v) is 5.43. The molecule has 0 fully saturated rings. The van der Waals surface area contributed by atoms with Crippen molar-refractivity contribution in [2.75, 3.05) is 5.33 Å². The fourth-order valence-corrected chi connectivity index (χ4v) is 1.55. The number of aliphatic hydroxyl groups excluding tert-OH is 2. The van der Waals surface area contributed by atoms with Gasteiger partial charge in [0.15, 0.2) is 0 Å². The maximum Gasteiger partial charge on any atom is 0.130 e. The molecule has 0 bridgehead atoms. The van der Waals surface area contributed by atoms with Crippen LogP contribution in [0, 0.1) is 5.82 Å². The van der Waals surface area contributed by atoms with E-state index in [-0.39, 0.29) is 15.9 Å². The molecule has 0 aliphatic carbocycles. The summed E-state index contributed by atoms with van der Waals surface area (Å²) in [6.07, 6.45) is -2.28. The second kappa shape index (κ2) is 5.07. The molecule has 14 heavy (non-hydrogen) atoms. The van der Waals surface area contributed by atoms with Crippen LogP contribution in [0.1, 0.15) is 11.7 Å². The smallest absolute Gasteiger partial charge is 0.130 e. The minimum atomic E-state index is -1.24. The number of halogens is 3. The zero-order valence-electron chi connectivity index (χ0n) is 7.12. The van der Waals surface area contributed by atoms with E-state index in [2.05, 4.69) is 15.9 Å². The number of aliphatic hydroxyl groups is 2. The maximum atomic E-state index is 13.2. The molecule has 1 aromatic rings. The van der Waals surface area contributed by atoms with Crippen LogP contribution in [0.5, 0.6) is 0 Å². The number of rotatable bonds is 3. The second-order valence-corrected chi connectivity index (χ2v) is 3.92. The minimum absolute atomic E-state index is 0.0429. The summed E-state index contributed by atoms with van der Waals surface area (Å²) in [5, 5.41) is 19.2. The summed E-state index contributed by atoms with van der Waals surface area (Å²) in [6.45, 7) is 0. The van der Waals surface area contributed by atoms with Crippen LogP contribution in [0.3, 0.4) is 0 Å². The van der Waals surface area contributed by atoms with Gasteiger partial charge in [0, 0.05) is 15.9 Å². The number of benzene rings is 1. The molecule has 1 rings (SSSR count). The highest BCUT2D eigenvalue weighted by Crippen LogP contribution is 2.23. The van der Waals surface area contributed by atoms with Crippen LogP contribution in [-0.4, -0.2) is 21.6 Å². The largest absolute Gasteiger partial charge is 0.389 e. The summed E-state index contributed by atoms with van der Waals surface area (Å²) in [4.78, 5) is 0. The highest BCUT2D eigenvalue weighted by molar-refractivity contribution is 9.09. The molecule has 0 spiro atoms. The lowest BCUT2D eigenvalue weighted by atomic mass is 10.1. The van der Waals surface area contributed by atoms with Crippen LogP contribution >= 0.6 is 27.5 Å². The first kappa shape index (κ1) is 11.9. The topological polar surface area (TPSA) is 40.5 Å².